The number of piperidine rings is 1. The number of aliphatic carboxylic acids is 1. The second-order valence-corrected chi connectivity index (χ2v) is 7.93. The first-order valence-corrected chi connectivity index (χ1v) is 10.3. The van der Waals surface area contributed by atoms with Crippen molar-refractivity contribution in [1.82, 2.24) is 4.90 Å². The number of thiophene rings is 1. The number of carboxylic acids is 1. The summed E-state index contributed by atoms with van der Waals surface area (Å²) in [7, 11) is 0. The van der Waals surface area contributed by atoms with Gasteiger partial charge in [-0.1, -0.05) is 24.3 Å². The van der Waals surface area contributed by atoms with E-state index >= 15 is 0 Å². The fourth-order valence-corrected chi connectivity index (χ4v) is 4.30. The van der Waals surface area contributed by atoms with Crippen LogP contribution in [-0.4, -0.2) is 47.6 Å². The molecule has 0 unspecified atom stereocenters. The highest BCUT2D eigenvalue weighted by Crippen LogP contribution is 2.25. The number of anilines is 1. The summed E-state index contributed by atoms with van der Waals surface area (Å²) >= 11 is 1.80. The number of para-hydroxylation sites is 1. The minimum atomic E-state index is -0.931. The molecule has 1 aliphatic heterocycles. The summed E-state index contributed by atoms with van der Waals surface area (Å²) in [6.07, 6.45) is 2.82. The third-order valence-electron chi connectivity index (χ3n) is 5.03. The number of likely N-dealkylation sites (tertiary alicyclic amines) is 1. The predicted molar refractivity (Wildman–Crippen MR) is 108 cm³/mol. The highest BCUT2D eigenvalue weighted by molar-refractivity contribution is 7.09. The van der Waals surface area contributed by atoms with E-state index in [-0.39, 0.29) is 24.8 Å². The van der Waals surface area contributed by atoms with Gasteiger partial charge in [0.2, 0.25) is 5.91 Å². The van der Waals surface area contributed by atoms with Gasteiger partial charge in [-0.25, -0.2) is 0 Å². The number of carbonyl (C=O) groups excluding carboxylic acids is 1. The molecule has 27 heavy (non-hydrogen) atoms. The first kappa shape index (κ1) is 19.6. The topological polar surface area (TPSA) is 60.9 Å². The van der Waals surface area contributed by atoms with E-state index in [0.29, 0.717) is 0 Å². The zero-order chi connectivity index (χ0) is 19.1. The van der Waals surface area contributed by atoms with Crippen LogP contribution < -0.4 is 4.90 Å². The number of hydrogen-bond acceptors (Lipinski definition) is 4. The van der Waals surface area contributed by atoms with E-state index in [4.69, 9.17) is 5.11 Å². The summed E-state index contributed by atoms with van der Waals surface area (Å²) in [5.74, 6) is -1.03. The Bertz CT molecular complexity index is 725. The summed E-state index contributed by atoms with van der Waals surface area (Å²) in [6.45, 7) is 2.97. The minimum Gasteiger partial charge on any atom is -0.481 e. The van der Waals surface area contributed by atoms with Crippen LogP contribution in [0.4, 0.5) is 5.69 Å². The number of carbonyl (C=O) groups is 2. The lowest BCUT2D eigenvalue weighted by atomic mass is 10.0. The van der Waals surface area contributed by atoms with Crippen molar-refractivity contribution in [2.75, 3.05) is 24.5 Å². The average molecular weight is 387 g/mol. The summed E-state index contributed by atoms with van der Waals surface area (Å²) < 4.78 is 0. The predicted octanol–water partition coefficient (Wildman–Crippen LogP) is 3.65. The highest BCUT2D eigenvalue weighted by atomic mass is 32.1. The van der Waals surface area contributed by atoms with Crippen molar-refractivity contribution in [3.8, 4) is 0 Å². The van der Waals surface area contributed by atoms with E-state index in [0.717, 1.165) is 44.6 Å². The molecule has 6 heteroatoms. The molecule has 3 rings (SSSR count). The first-order valence-electron chi connectivity index (χ1n) is 9.47. The maximum atomic E-state index is 12.8. The molecule has 0 aliphatic carbocycles. The van der Waals surface area contributed by atoms with Crippen LogP contribution in [0.1, 0.15) is 30.6 Å². The Morgan fingerprint density at radius 2 is 1.81 bits per heavy atom. The molecule has 1 N–H and O–H groups in total. The molecule has 1 aromatic carbocycles. The SMILES string of the molecule is O=C(O)CCC(=O)N(c1ccccc1)C1CCN(CCc2cccs2)CC1. The number of amides is 1. The lowest BCUT2D eigenvalue weighted by Crippen LogP contribution is -2.48. The Morgan fingerprint density at radius 1 is 1.07 bits per heavy atom. The second kappa shape index (κ2) is 9.67. The van der Waals surface area contributed by atoms with Gasteiger partial charge in [0.05, 0.1) is 6.42 Å². The van der Waals surface area contributed by atoms with E-state index in [2.05, 4.69) is 22.4 Å². The van der Waals surface area contributed by atoms with Gasteiger partial charge < -0.3 is 14.9 Å². The van der Waals surface area contributed by atoms with Crippen LogP contribution >= 0.6 is 11.3 Å². The summed E-state index contributed by atoms with van der Waals surface area (Å²) in [5, 5.41) is 11.0. The monoisotopic (exact) mass is 386 g/mol. The van der Waals surface area contributed by atoms with Gasteiger partial charge in [0.1, 0.15) is 0 Å². The van der Waals surface area contributed by atoms with Crippen molar-refractivity contribution in [3.63, 3.8) is 0 Å². The Labute approximate surface area is 164 Å². The molecule has 0 saturated carbocycles. The van der Waals surface area contributed by atoms with Crippen LogP contribution in [0, 0.1) is 0 Å². The van der Waals surface area contributed by atoms with E-state index in [9.17, 15) is 9.59 Å². The third kappa shape index (κ3) is 5.65. The van der Waals surface area contributed by atoms with Crippen LogP contribution in [0.2, 0.25) is 0 Å². The molecule has 0 atom stereocenters. The van der Waals surface area contributed by atoms with Crippen LogP contribution in [0.5, 0.6) is 0 Å². The largest absolute Gasteiger partial charge is 0.481 e. The number of hydrogen-bond donors (Lipinski definition) is 1. The number of carboxylic acid groups (broad SMARTS) is 1. The molecule has 0 bridgehead atoms. The summed E-state index contributed by atoms with van der Waals surface area (Å²) in [5.41, 5.74) is 0.866. The molecule has 5 nitrogen and oxygen atoms in total. The number of nitrogens with zero attached hydrogens (tertiary/aromatic N) is 2. The molecule has 1 fully saturated rings. The van der Waals surface area contributed by atoms with Crippen molar-refractivity contribution >= 4 is 28.9 Å². The van der Waals surface area contributed by atoms with Gasteiger partial charge in [-0.3, -0.25) is 9.59 Å². The van der Waals surface area contributed by atoms with Crippen molar-refractivity contribution in [2.45, 2.75) is 38.1 Å². The first-order chi connectivity index (χ1) is 13.1. The Morgan fingerprint density at radius 3 is 2.44 bits per heavy atom. The quantitative estimate of drug-likeness (QED) is 0.752. The van der Waals surface area contributed by atoms with Crippen LogP contribution in [-0.2, 0) is 16.0 Å². The van der Waals surface area contributed by atoms with E-state index in [1.54, 1.807) is 11.3 Å². The molecule has 0 spiro atoms. The van der Waals surface area contributed by atoms with Crippen molar-refractivity contribution < 1.29 is 14.7 Å². The average Bonchev–Trinajstić information content (AvgIpc) is 3.20. The Hall–Kier alpha value is -2.18. The molecule has 1 aliphatic rings. The van der Waals surface area contributed by atoms with Gasteiger partial charge >= 0.3 is 5.97 Å². The van der Waals surface area contributed by atoms with Gasteiger partial charge in [0, 0.05) is 42.7 Å². The maximum Gasteiger partial charge on any atom is 0.303 e. The minimum absolute atomic E-state index is 0.0445. The van der Waals surface area contributed by atoms with Gasteiger partial charge in [-0.05, 0) is 42.8 Å². The van der Waals surface area contributed by atoms with Gasteiger partial charge in [0.15, 0.2) is 0 Å². The molecular weight excluding hydrogens is 360 g/mol. The van der Waals surface area contributed by atoms with Gasteiger partial charge in [-0.15, -0.1) is 11.3 Å². The fourth-order valence-electron chi connectivity index (χ4n) is 3.61. The lowest BCUT2D eigenvalue weighted by Gasteiger charge is -2.38. The van der Waals surface area contributed by atoms with E-state index < -0.39 is 5.97 Å². The zero-order valence-electron chi connectivity index (χ0n) is 15.4. The standard InChI is InChI=1S/C21H26N2O3S/c24-20(8-9-21(25)26)23(17-5-2-1-3-6-17)18-10-13-22(14-11-18)15-12-19-7-4-16-27-19/h1-7,16,18H,8-15H2,(H,25,26). The lowest BCUT2D eigenvalue weighted by molar-refractivity contribution is -0.138. The van der Waals surface area contributed by atoms with Crippen LogP contribution in [0.25, 0.3) is 0 Å². The normalized spacial score (nSPS) is 15.6. The number of rotatable bonds is 8. The highest BCUT2D eigenvalue weighted by Gasteiger charge is 2.29. The van der Waals surface area contributed by atoms with Gasteiger partial charge in [0.25, 0.3) is 0 Å². The second-order valence-electron chi connectivity index (χ2n) is 6.90. The Balaban J connectivity index is 1.60. The van der Waals surface area contributed by atoms with Crippen LogP contribution in [0.15, 0.2) is 47.8 Å². The van der Waals surface area contributed by atoms with Crippen molar-refractivity contribution in [2.24, 2.45) is 0 Å². The molecule has 2 heterocycles. The van der Waals surface area contributed by atoms with E-state index in [1.165, 1.54) is 4.88 Å². The smallest absolute Gasteiger partial charge is 0.303 e. The van der Waals surface area contributed by atoms with Crippen LogP contribution in [0.3, 0.4) is 0 Å². The van der Waals surface area contributed by atoms with Crippen molar-refractivity contribution in [3.05, 3.63) is 52.7 Å². The molecule has 1 saturated heterocycles. The third-order valence-corrected chi connectivity index (χ3v) is 5.97. The maximum absolute atomic E-state index is 12.8. The molecular formula is C21H26N2O3S. The molecule has 144 valence electrons. The molecule has 1 amide bonds. The molecule has 1 aromatic heterocycles. The Kier molecular flexibility index (Phi) is 7.01. The van der Waals surface area contributed by atoms with E-state index in [1.807, 2.05) is 35.2 Å². The number of benzene rings is 1. The summed E-state index contributed by atoms with van der Waals surface area (Å²) in [6, 6.07) is 14.0. The van der Waals surface area contributed by atoms with Gasteiger partial charge in [-0.2, -0.15) is 0 Å². The fraction of sp³-hybridized carbons (Fsp3) is 0.429. The molecule has 0 radical (unpaired) electrons. The van der Waals surface area contributed by atoms with Crippen molar-refractivity contribution in [1.29, 1.82) is 0 Å². The molecule has 2 aromatic rings. The summed E-state index contributed by atoms with van der Waals surface area (Å²) in [4.78, 5) is 29.3. The zero-order valence-corrected chi connectivity index (χ0v) is 16.2.